The van der Waals surface area contributed by atoms with Crippen molar-refractivity contribution in [2.24, 2.45) is 16.7 Å². The predicted octanol–water partition coefficient (Wildman–Crippen LogP) is 6.06. The Hall–Kier alpha value is -2.11. The van der Waals surface area contributed by atoms with Crippen LogP contribution in [0.15, 0.2) is 48.2 Å². The molecule has 0 aliphatic heterocycles. The van der Waals surface area contributed by atoms with Crippen LogP contribution in [0.3, 0.4) is 0 Å². The van der Waals surface area contributed by atoms with Crippen LogP contribution in [0.25, 0.3) is 0 Å². The van der Waals surface area contributed by atoms with Crippen LogP contribution in [0.1, 0.15) is 52.4 Å². The molecule has 1 saturated carbocycles. The number of anilines is 1. The largest absolute Gasteiger partial charge is 0.397 e. The summed E-state index contributed by atoms with van der Waals surface area (Å²) in [7, 11) is 0. The summed E-state index contributed by atoms with van der Waals surface area (Å²) in [5.41, 5.74) is -2.12. The molecule has 2 unspecified atom stereocenters. The molecule has 6 heteroatoms. The lowest BCUT2D eigenvalue weighted by atomic mass is 9.69. The Bertz CT molecular complexity index is 766. The van der Waals surface area contributed by atoms with Crippen molar-refractivity contribution in [2.75, 3.05) is 5.32 Å². The number of allylic oxidation sites excluding steroid dienone is 3. The lowest BCUT2D eigenvalue weighted by Crippen LogP contribution is -2.39. The van der Waals surface area contributed by atoms with Crippen LogP contribution >= 0.6 is 0 Å². The molecule has 1 aromatic heterocycles. The number of amides is 1. The van der Waals surface area contributed by atoms with Crippen LogP contribution in [-0.2, 0) is 4.79 Å². The summed E-state index contributed by atoms with van der Waals surface area (Å²) >= 11 is 0. The molecule has 2 atom stereocenters. The van der Waals surface area contributed by atoms with Crippen molar-refractivity contribution in [2.45, 2.75) is 58.5 Å². The maximum atomic E-state index is 13.4. The Morgan fingerprint density at radius 1 is 1.29 bits per heavy atom. The molecule has 1 heterocycles. The number of carbonyl (C=O) groups excluding carboxylic acids is 1. The molecule has 1 aromatic rings. The fraction of sp³-hybridized carbons (Fsp3) is 0.545. The summed E-state index contributed by atoms with van der Waals surface area (Å²) in [6, 6.07) is 5.25. The van der Waals surface area contributed by atoms with E-state index in [1.165, 1.54) is 19.1 Å². The van der Waals surface area contributed by atoms with Crippen LogP contribution in [0.5, 0.6) is 0 Å². The molecule has 3 rings (SSSR count). The second kappa shape index (κ2) is 7.72. The standard InChI is InChI=1S/C22H27F3N2O/c1-20(22(23,24)25)12-10-17(11-13-20)21(2,15-16-7-3-4-8-16)19(28)27-18-9-5-6-14-26-18/h5-6,9-12,14,16H,3-4,7-8,13,15H2,1-2H3,(H,26,27,28). The van der Waals surface area contributed by atoms with Gasteiger partial charge in [0.15, 0.2) is 0 Å². The summed E-state index contributed by atoms with van der Waals surface area (Å²) in [6.07, 6.45) is 6.47. The third-order valence-electron chi connectivity index (χ3n) is 6.24. The number of aromatic nitrogens is 1. The topological polar surface area (TPSA) is 42.0 Å². The molecule has 3 nitrogen and oxygen atoms in total. The van der Waals surface area contributed by atoms with Crippen molar-refractivity contribution >= 4 is 11.7 Å². The normalized spacial score (nSPS) is 25.2. The molecule has 1 fully saturated rings. The number of pyridine rings is 1. The van der Waals surface area contributed by atoms with Gasteiger partial charge < -0.3 is 5.32 Å². The van der Waals surface area contributed by atoms with Gasteiger partial charge in [0.2, 0.25) is 5.91 Å². The van der Waals surface area contributed by atoms with Crippen LogP contribution < -0.4 is 5.32 Å². The number of hydrogen-bond acceptors (Lipinski definition) is 2. The van der Waals surface area contributed by atoms with E-state index in [2.05, 4.69) is 10.3 Å². The van der Waals surface area contributed by atoms with E-state index in [1.54, 1.807) is 30.5 Å². The SMILES string of the molecule is CC(CC1CCCC1)(C(=O)Nc1ccccn1)C1=CCC(C)(C(F)(F)F)C=C1. The smallest absolute Gasteiger partial charge is 0.310 e. The van der Waals surface area contributed by atoms with Crippen molar-refractivity contribution in [3.63, 3.8) is 0 Å². The average Bonchev–Trinajstić information content (AvgIpc) is 3.15. The first-order valence-corrected chi connectivity index (χ1v) is 9.83. The maximum absolute atomic E-state index is 13.4. The van der Waals surface area contributed by atoms with Gasteiger partial charge in [-0.2, -0.15) is 13.2 Å². The number of nitrogens with zero attached hydrogens (tertiary/aromatic N) is 1. The number of rotatable bonds is 5. The van der Waals surface area contributed by atoms with Gasteiger partial charge in [-0.25, -0.2) is 4.98 Å². The van der Waals surface area contributed by atoms with Crippen LogP contribution in [0.4, 0.5) is 19.0 Å². The predicted molar refractivity (Wildman–Crippen MR) is 104 cm³/mol. The monoisotopic (exact) mass is 392 g/mol. The number of halogens is 3. The molecule has 152 valence electrons. The van der Waals surface area contributed by atoms with E-state index < -0.39 is 17.0 Å². The molecule has 0 bridgehead atoms. The Morgan fingerprint density at radius 3 is 2.54 bits per heavy atom. The molecule has 2 aliphatic rings. The van der Waals surface area contributed by atoms with Gasteiger partial charge >= 0.3 is 6.18 Å². The maximum Gasteiger partial charge on any atom is 0.397 e. The minimum atomic E-state index is -4.32. The van der Waals surface area contributed by atoms with E-state index in [1.807, 2.05) is 6.92 Å². The average molecular weight is 392 g/mol. The zero-order valence-electron chi connectivity index (χ0n) is 16.4. The van der Waals surface area contributed by atoms with E-state index in [4.69, 9.17) is 0 Å². The lowest BCUT2D eigenvalue weighted by molar-refractivity contribution is -0.199. The molecular formula is C22H27F3N2O. The van der Waals surface area contributed by atoms with Gasteiger partial charge in [0.05, 0.1) is 10.8 Å². The van der Waals surface area contributed by atoms with Crippen molar-refractivity contribution in [3.05, 3.63) is 48.2 Å². The van der Waals surface area contributed by atoms with Gasteiger partial charge in [-0.3, -0.25) is 4.79 Å². The number of nitrogens with one attached hydrogen (secondary N) is 1. The summed E-state index contributed by atoms with van der Waals surface area (Å²) in [5.74, 6) is 0.639. The molecule has 1 N–H and O–H groups in total. The molecule has 2 aliphatic carbocycles. The van der Waals surface area contributed by atoms with E-state index in [0.29, 0.717) is 23.7 Å². The lowest BCUT2D eigenvalue weighted by Gasteiger charge is -2.37. The second-order valence-corrected chi connectivity index (χ2v) is 8.47. The zero-order valence-corrected chi connectivity index (χ0v) is 16.4. The molecule has 28 heavy (non-hydrogen) atoms. The minimum absolute atomic E-state index is 0.153. The molecule has 0 radical (unpaired) electrons. The highest BCUT2D eigenvalue weighted by atomic mass is 19.4. The van der Waals surface area contributed by atoms with E-state index in [-0.39, 0.29) is 12.3 Å². The number of hydrogen-bond donors (Lipinski definition) is 1. The summed E-state index contributed by atoms with van der Waals surface area (Å²) in [6.45, 7) is 3.04. The third-order valence-corrected chi connectivity index (χ3v) is 6.24. The van der Waals surface area contributed by atoms with Crippen molar-refractivity contribution in [1.82, 2.24) is 4.98 Å². The molecule has 0 saturated heterocycles. The Kier molecular flexibility index (Phi) is 5.69. The zero-order chi connectivity index (χ0) is 20.4. The summed E-state index contributed by atoms with van der Waals surface area (Å²) in [4.78, 5) is 17.4. The Morgan fingerprint density at radius 2 is 2.00 bits per heavy atom. The summed E-state index contributed by atoms with van der Waals surface area (Å²) < 4.78 is 40.1. The first-order valence-electron chi connectivity index (χ1n) is 9.83. The van der Waals surface area contributed by atoms with Crippen molar-refractivity contribution < 1.29 is 18.0 Å². The van der Waals surface area contributed by atoms with Crippen molar-refractivity contribution in [3.8, 4) is 0 Å². The van der Waals surface area contributed by atoms with Gasteiger partial charge in [-0.05, 0) is 50.3 Å². The van der Waals surface area contributed by atoms with E-state index in [9.17, 15) is 18.0 Å². The van der Waals surface area contributed by atoms with E-state index >= 15 is 0 Å². The minimum Gasteiger partial charge on any atom is -0.310 e. The molecule has 0 aromatic carbocycles. The third kappa shape index (κ3) is 4.15. The van der Waals surface area contributed by atoms with Crippen LogP contribution in [0.2, 0.25) is 0 Å². The quantitative estimate of drug-likeness (QED) is 0.662. The highest BCUT2D eigenvalue weighted by Gasteiger charge is 2.50. The van der Waals surface area contributed by atoms with Gasteiger partial charge in [0.25, 0.3) is 0 Å². The van der Waals surface area contributed by atoms with Crippen LogP contribution in [0, 0.1) is 16.7 Å². The molecular weight excluding hydrogens is 365 g/mol. The van der Waals surface area contributed by atoms with Gasteiger partial charge in [-0.1, -0.05) is 50.0 Å². The summed E-state index contributed by atoms with van der Waals surface area (Å²) in [5, 5.41) is 2.86. The number of alkyl halides is 3. The van der Waals surface area contributed by atoms with Crippen LogP contribution in [-0.4, -0.2) is 17.1 Å². The van der Waals surface area contributed by atoms with Gasteiger partial charge in [0, 0.05) is 6.20 Å². The second-order valence-electron chi connectivity index (χ2n) is 8.47. The van der Waals surface area contributed by atoms with Crippen molar-refractivity contribution in [1.29, 1.82) is 0 Å². The first kappa shape index (κ1) is 20.6. The fourth-order valence-electron chi connectivity index (χ4n) is 4.18. The van der Waals surface area contributed by atoms with Gasteiger partial charge in [-0.15, -0.1) is 0 Å². The Balaban J connectivity index is 1.86. The van der Waals surface area contributed by atoms with Gasteiger partial charge in [0.1, 0.15) is 5.82 Å². The first-order chi connectivity index (χ1) is 13.1. The van der Waals surface area contributed by atoms with E-state index in [0.717, 1.165) is 25.7 Å². The molecule has 0 spiro atoms. The highest BCUT2D eigenvalue weighted by Crippen LogP contribution is 2.48. The molecule has 1 amide bonds. The number of carbonyl (C=O) groups is 1. The highest BCUT2D eigenvalue weighted by molar-refractivity contribution is 5.97. The fourth-order valence-corrected chi connectivity index (χ4v) is 4.18. The Labute approximate surface area is 164 Å².